The molecule has 1 heterocycles. The second-order valence-corrected chi connectivity index (χ2v) is 7.85. The van der Waals surface area contributed by atoms with Crippen LogP contribution in [0.5, 0.6) is 11.5 Å². The number of halogens is 3. The molecule has 1 aromatic heterocycles. The highest BCUT2D eigenvalue weighted by Crippen LogP contribution is 2.35. The van der Waals surface area contributed by atoms with E-state index in [1.54, 1.807) is 18.2 Å². The Morgan fingerprint density at radius 3 is 2.43 bits per heavy atom. The Morgan fingerprint density at radius 2 is 1.83 bits per heavy atom. The van der Waals surface area contributed by atoms with E-state index in [9.17, 15) is 18.0 Å². The molecule has 0 aliphatic rings. The number of alkyl halides is 3. The van der Waals surface area contributed by atoms with E-state index in [-0.39, 0.29) is 25.6 Å². The minimum Gasteiger partial charge on any atom is -0.493 e. The number of carbonyl (C=O) groups is 1. The zero-order valence-electron chi connectivity index (χ0n) is 19.5. The smallest absolute Gasteiger partial charge is 0.416 e. The first-order chi connectivity index (χ1) is 16.6. The van der Waals surface area contributed by atoms with Crippen LogP contribution in [0.2, 0.25) is 0 Å². The van der Waals surface area contributed by atoms with Crippen molar-refractivity contribution in [2.24, 2.45) is 0 Å². The molecule has 0 aliphatic carbocycles. The van der Waals surface area contributed by atoms with Crippen LogP contribution < -0.4 is 9.47 Å². The number of carboxylic acid groups (broad SMARTS) is 1. The van der Waals surface area contributed by atoms with Gasteiger partial charge in [-0.05, 0) is 42.7 Å². The lowest BCUT2D eigenvalue weighted by molar-refractivity contribution is -0.138. The topological polar surface area (TPSA) is 91.0 Å². The molecule has 0 saturated carbocycles. The van der Waals surface area contributed by atoms with Crippen molar-refractivity contribution in [2.45, 2.75) is 45.6 Å². The summed E-state index contributed by atoms with van der Waals surface area (Å²) in [6, 6.07) is 9.79. The van der Waals surface area contributed by atoms with Gasteiger partial charge in [0.25, 0.3) is 0 Å². The van der Waals surface area contributed by atoms with Crippen LogP contribution in [0.15, 0.2) is 47.0 Å². The third-order valence-corrected chi connectivity index (χ3v) is 5.40. The van der Waals surface area contributed by atoms with E-state index in [2.05, 4.69) is 5.16 Å². The molecule has 0 radical (unpaired) electrons. The van der Waals surface area contributed by atoms with Crippen LogP contribution in [0.25, 0.3) is 11.3 Å². The van der Waals surface area contributed by atoms with Gasteiger partial charge in [-0.2, -0.15) is 13.2 Å². The van der Waals surface area contributed by atoms with Crippen LogP contribution in [0.4, 0.5) is 13.2 Å². The summed E-state index contributed by atoms with van der Waals surface area (Å²) < 4.78 is 61.0. The zero-order chi connectivity index (χ0) is 25.6. The minimum absolute atomic E-state index is 0.00702. The molecule has 3 rings (SSSR count). The lowest BCUT2D eigenvalue weighted by Gasteiger charge is -2.15. The molecule has 35 heavy (non-hydrogen) atoms. The summed E-state index contributed by atoms with van der Waals surface area (Å²) in [6.45, 7) is 4.17. The number of benzene rings is 2. The molecule has 188 valence electrons. The van der Waals surface area contributed by atoms with Gasteiger partial charge < -0.3 is 23.8 Å². The zero-order valence-corrected chi connectivity index (χ0v) is 19.5. The van der Waals surface area contributed by atoms with E-state index in [4.69, 9.17) is 23.8 Å². The highest BCUT2D eigenvalue weighted by Gasteiger charge is 2.30. The van der Waals surface area contributed by atoms with E-state index in [0.29, 0.717) is 40.7 Å². The van der Waals surface area contributed by atoms with Gasteiger partial charge in [0.15, 0.2) is 17.3 Å². The molecule has 1 N–H and O–H groups in total. The van der Waals surface area contributed by atoms with E-state index >= 15 is 0 Å². The van der Waals surface area contributed by atoms with Crippen LogP contribution in [0.3, 0.4) is 0 Å². The molecule has 0 bridgehead atoms. The van der Waals surface area contributed by atoms with Crippen LogP contribution in [-0.4, -0.2) is 29.9 Å². The summed E-state index contributed by atoms with van der Waals surface area (Å²) >= 11 is 0. The molecule has 2 aromatic carbocycles. The fraction of sp³-hybridized carbons (Fsp3) is 0.360. The summed E-state index contributed by atoms with van der Waals surface area (Å²) in [5, 5.41) is 13.1. The van der Waals surface area contributed by atoms with Crippen molar-refractivity contribution < 1.29 is 41.8 Å². The number of aliphatic carboxylic acids is 1. The standard InChI is InChI=1S/C25H26F3NO6/c1-4-33-13-19-20(29-35-24(19)16-5-8-18(9-6-16)25(26,27)28)14-34-21-10-7-17(12-22(21)32-3)15(2)11-23(30)31/h5-10,12,15H,4,11,13-14H2,1-3H3,(H,30,31). The van der Waals surface area contributed by atoms with Gasteiger partial charge in [-0.15, -0.1) is 0 Å². The molecule has 0 fully saturated rings. The molecular formula is C25H26F3NO6. The highest BCUT2D eigenvalue weighted by molar-refractivity contribution is 5.68. The van der Waals surface area contributed by atoms with E-state index in [0.717, 1.165) is 17.7 Å². The number of rotatable bonds is 11. The molecule has 3 aromatic rings. The molecule has 0 saturated heterocycles. The van der Waals surface area contributed by atoms with Crippen LogP contribution in [0.1, 0.15) is 48.6 Å². The first-order valence-electron chi connectivity index (χ1n) is 10.9. The Morgan fingerprint density at radius 1 is 1.11 bits per heavy atom. The molecule has 10 heteroatoms. The largest absolute Gasteiger partial charge is 0.493 e. The molecular weight excluding hydrogens is 467 g/mol. The fourth-order valence-electron chi connectivity index (χ4n) is 3.48. The lowest BCUT2D eigenvalue weighted by Crippen LogP contribution is -2.05. The normalized spacial score (nSPS) is 12.4. The van der Waals surface area contributed by atoms with Crippen molar-refractivity contribution in [1.29, 1.82) is 0 Å². The summed E-state index contributed by atoms with van der Waals surface area (Å²) in [7, 11) is 1.48. The van der Waals surface area contributed by atoms with Crippen LogP contribution in [-0.2, 0) is 28.9 Å². The number of methoxy groups -OCH3 is 1. The number of hydrogen-bond donors (Lipinski definition) is 1. The summed E-state index contributed by atoms with van der Waals surface area (Å²) in [4.78, 5) is 11.0. The molecule has 0 amide bonds. The van der Waals surface area contributed by atoms with Crippen LogP contribution >= 0.6 is 0 Å². The molecule has 0 aliphatic heterocycles. The summed E-state index contributed by atoms with van der Waals surface area (Å²) in [6.07, 6.45) is -4.46. The number of aromatic nitrogens is 1. The predicted molar refractivity (Wildman–Crippen MR) is 120 cm³/mol. The van der Waals surface area contributed by atoms with Gasteiger partial charge in [0.05, 0.1) is 31.3 Å². The Hall–Kier alpha value is -3.53. The van der Waals surface area contributed by atoms with Crippen molar-refractivity contribution in [3.8, 4) is 22.8 Å². The van der Waals surface area contributed by atoms with Gasteiger partial charge in [-0.3, -0.25) is 4.79 Å². The van der Waals surface area contributed by atoms with E-state index < -0.39 is 17.7 Å². The number of nitrogens with zero attached hydrogens (tertiary/aromatic N) is 1. The lowest BCUT2D eigenvalue weighted by atomic mass is 9.97. The number of carboxylic acids is 1. The second kappa shape index (κ2) is 11.3. The fourth-order valence-corrected chi connectivity index (χ4v) is 3.48. The third-order valence-electron chi connectivity index (χ3n) is 5.40. The van der Waals surface area contributed by atoms with Gasteiger partial charge in [0.2, 0.25) is 0 Å². The average molecular weight is 493 g/mol. The summed E-state index contributed by atoms with van der Waals surface area (Å²) in [5.74, 6) is 0.0388. The average Bonchev–Trinajstić information content (AvgIpc) is 3.22. The summed E-state index contributed by atoms with van der Waals surface area (Å²) in [5.41, 5.74) is 1.46. The second-order valence-electron chi connectivity index (χ2n) is 7.85. The maximum Gasteiger partial charge on any atom is 0.416 e. The maximum absolute atomic E-state index is 12.9. The Balaban J connectivity index is 1.83. The quantitative estimate of drug-likeness (QED) is 0.347. The first-order valence-corrected chi connectivity index (χ1v) is 10.9. The van der Waals surface area contributed by atoms with E-state index in [1.807, 2.05) is 13.8 Å². The molecule has 1 unspecified atom stereocenters. The van der Waals surface area contributed by atoms with Gasteiger partial charge in [-0.25, -0.2) is 0 Å². The predicted octanol–water partition coefficient (Wildman–Crippen LogP) is 6.06. The first kappa shape index (κ1) is 26.1. The number of ether oxygens (including phenoxy) is 3. The van der Waals surface area contributed by atoms with Crippen molar-refractivity contribution in [3.05, 3.63) is 64.8 Å². The Bertz CT molecular complexity index is 1140. The molecule has 0 spiro atoms. The minimum atomic E-state index is -4.44. The third kappa shape index (κ3) is 6.54. The highest BCUT2D eigenvalue weighted by atomic mass is 19.4. The molecule has 1 atom stereocenters. The van der Waals surface area contributed by atoms with E-state index in [1.165, 1.54) is 19.2 Å². The van der Waals surface area contributed by atoms with Gasteiger partial charge in [-0.1, -0.05) is 30.3 Å². The maximum atomic E-state index is 12.9. The van der Waals surface area contributed by atoms with Gasteiger partial charge in [0, 0.05) is 12.2 Å². The van der Waals surface area contributed by atoms with Crippen molar-refractivity contribution in [2.75, 3.05) is 13.7 Å². The molecule has 7 nitrogen and oxygen atoms in total. The van der Waals surface area contributed by atoms with Crippen molar-refractivity contribution in [1.82, 2.24) is 5.16 Å². The van der Waals surface area contributed by atoms with Crippen molar-refractivity contribution >= 4 is 5.97 Å². The van der Waals surface area contributed by atoms with Gasteiger partial charge in [0.1, 0.15) is 12.3 Å². The monoisotopic (exact) mass is 493 g/mol. The number of hydrogen-bond acceptors (Lipinski definition) is 6. The van der Waals surface area contributed by atoms with Gasteiger partial charge >= 0.3 is 12.1 Å². The van der Waals surface area contributed by atoms with Crippen molar-refractivity contribution in [3.63, 3.8) is 0 Å². The Kier molecular flexibility index (Phi) is 8.39. The SMILES string of the molecule is CCOCc1c(COc2ccc(C(C)CC(=O)O)cc2OC)noc1-c1ccc(C(F)(F)F)cc1. The Labute approximate surface area is 200 Å². The van der Waals surface area contributed by atoms with Crippen LogP contribution in [0, 0.1) is 0 Å².